The molecule has 1 amide bonds. The van der Waals surface area contributed by atoms with E-state index < -0.39 is 0 Å². The second kappa shape index (κ2) is 6.43. The van der Waals surface area contributed by atoms with Crippen molar-refractivity contribution >= 4 is 11.7 Å². The molecule has 1 fully saturated rings. The van der Waals surface area contributed by atoms with Gasteiger partial charge < -0.3 is 14.5 Å². The number of anilines is 1. The summed E-state index contributed by atoms with van der Waals surface area (Å²) in [5.74, 6) is 1.67. The molecule has 2 aromatic rings. The van der Waals surface area contributed by atoms with Crippen LogP contribution in [-0.4, -0.2) is 54.3 Å². The lowest BCUT2D eigenvalue weighted by Gasteiger charge is -2.35. The van der Waals surface area contributed by atoms with Crippen LogP contribution in [0.5, 0.6) is 5.75 Å². The maximum atomic E-state index is 12.5. The molecule has 2 heterocycles. The van der Waals surface area contributed by atoms with E-state index >= 15 is 0 Å². The summed E-state index contributed by atoms with van der Waals surface area (Å²) in [5, 5.41) is 8.00. The monoisotopic (exact) mass is 298 g/mol. The smallest absolute Gasteiger partial charge is 0.253 e. The summed E-state index contributed by atoms with van der Waals surface area (Å²) < 4.78 is 5.11. The van der Waals surface area contributed by atoms with Gasteiger partial charge in [0.2, 0.25) is 0 Å². The second-order valence-corrected chi connectivity index (χ2v) is 5.09. The third-order valence-electron chi connectivity index (χ3n) is 3.79. The number of ether oxygens (including phenoxy) is 1. The molecule has 6 nitrogen and oxygen atoms in total. The van der Waals surface area contributed by atoms with Crippen molar-refractivity contribution in [1.82, 2.24) is 15.1 Å². The lowest BCUT2D eigenvalue weighted by molar-refractivity contribution is 0.0746. The largest absolute Gasteiger partial charge is 0.497 e. The van der Waals surface area contributed by atoms with Crippen LogP contribution in [0.1, 0.15) is 10.4 Å². The van der Waals surface area contributed by atoms with Gasteiger partial charge in [-0.05, 0) is 36.4 Å². The first-order valence-corrected chi connectivity index (χ1v) is 7.24. The van der Waals surface area contributed by atoms with Crippen molar-refractivity contribution in [2.75, 3.05) is 38.2 Å². The predicted octanol–water partition coefficient (Wildman–Crippen LogP) is 1.45. The van der Waals surface area contributed by atoms with Crippen molar-refractivity contribution in [3.8, 4) is 5.75 Å². The molecule has 0 bridgehead atoms. The zero-order valence-corrected chi connectivity index (χ0v) is 12.5. The Balaban J connectivity index is 1.62. The Kier molecular flexibility index (Phi) is 4.18. The molecular weight excluding hydrogens is 280 g/mol. The van der Waals surface area contributed by atoms with Crippen LogP contribution in [0.3, 0.4) is 0 Å². The van der Waals surface area contributed by atoms with E-state index in [-0.39, 0.29) is 5.91 Å². The molecule has 1 aromatic carbocycles. The number of methoxy groups -OCH3 is 1. The van der Waals surface area contributed by atoms with E-state index in [0.29, 0.717) is 18.7 Å². The van der Waals surface area contributed by atoms with Crippen molar-refractivity contribution in [3.05, 3.63) is 48.2 Å². The molecule has 1 aromatic heterocycles. The van der Waals surface area contributed by atoms with Crippen LogP contribution < -0.4 is 9.64 Å². The maximum Gasteiger partial charge on any atom is 0.253 e. The van der Waals surface area contributed by atoms with Crippen LogP contribution in [-0.2, 0) is 0 Å². The summed E-state index contributed by atoms with van der Waals surface area (Å²) in [6, 6.07) is 11.0. The van der Waals surface area contributed by atoms with E-state index in [0.717, 1.165) is 24.7 Å². The first-order valence-electron chi connectivity index (χ1n) is 7.24. The molecule has 0 spiro atoms. The average molecular weight is 298 g/mol. The van der Waals surface area contributed by atoms with Crippen LogP contribution in [0.4, 0.5) is 5.82 Å². The molecule has 0 aliphatic carbocycles. The highest BCUT2D eigenvalue weighted by Gasteiger charge is 2.22. The van der Waals surface area contributed by atoms with E-state index in [9.17, 15) is 4.79 Å². The van der Waals surface area contributed by atoms with Crippen LogP contribution in [0.15, 0.2) is 42.6 Å². The molecule has 1 saturated heterocycles. The van der Waals surface area contributed by atoms with Crippen LogP contribution in [0.2, 0.25) is 0 Å². The third-order valence-corrected chi connectivity index (χ3v) is 3.79. The lowest BCUT2D eigenvalue weighted by atomic mass is 10.1. The van der Waals surface area contributed by atoms with Gasteiger partial charge in [0.15, 0.2) is 5.82 Å². The fourth-order valence-corrected chi connectivity index (χ4v) is 2.52. The van der Waals surface area contributed by atoms with Crippen molar-refractivity contribution in [3.63, 3.8) is 0 Å². The number of hydrogen-bond acceptors (Lipinski definition) is 5. The minimum atomic E-state index is 0.0569. The summed E-state index contributed by atoms with van der Waals surface area (Å²) >= 11 is 0. The van der Waals surface area contributed by atoms with E-state index in [1.807, 2.05) is 29.2 Å². The zero-order valence-electron chi connectivity index (χ0n) is 12.5. The van der Waals surface area contributed by atoms with Gasteiger partial charge in [-0.25, -0.2) is 0 Å². The lowest BCUT2D eigenvalue weighted by Crippen LogP contribution is -2.49. The fraction of sp³-hybridized carbons (Fsp3) is 0.312. The Hall–Kier alpha value is -2.63. The average Bonchev–Trinajstić information content (AvgIpc) is 2.62. The highest BCUT2D eigenvalue weighted by atomic mass is 16.5. The summed E-state index contributed by atoms with van der Waals surface area (Å²) in [5.41, 5.74) is 0.689. The highest BCUT2D eigenvalue weighted by Crippen LogP contribution is 2.16. The van der Waals surface area contributed by atoms with Crippen LogP contribution >= 0.6 is 0 Å². The Labute approximate surface area is 129 Å². The summed E-state index contributed by atoms with van der Waals surface area (Å²) in [6.45, 7) is 2.89. The number of carbonyl (C=O) groups excluding carboxylic acids is 1. The van der Waals surface area contributed by atoms with Crippen molar-refractivity contribution < 1.29 is 9.53 Å². The number of hydrogen-bond donors (Lipinski definition) is 0. The Morgan fingerprint density at radius 2 is 1.82 bits per heavy atom. The SMILES string of the molecule is COc1ccc(C(=O)N2CCN(c3cccnn3)CC2)cc1. The third kappa shape index (κ3) is 3.00. The number of rotatable bonds is 3. The van der Waals surface area contributed by atoms with Gasteiger partial charge in [-0.2, -0.15) is 5.10 Å². The Morgan fingerprint density at radius 1 is 1.09 bits per heavy atom. The number of carbonyl (C=O) groups is 1. The molecule has 22 heavy (non-hydrogen) atoms. The topological polar surface area (TPSA) is 58.6 Å². The maximum absolute atomic E-state index is 12.5. The molecular formula is C16H18N4O2. The molecule has 0 unspecified atom stereocenters. The van der Waals surface area contributed by atoms with Gasteiger partial charge >= 0.3 is 0 Å². The first-order chi connectivity index (χ1) is 10.8. The van der Waals surface area contributed by atoms with E-state index in [2.05, 4.69) is 15.1 Å². The quantitative estimate of drug-likeness (QED) is 0.858. The molecule has 6 heteroatoms. The van der Waals surface area contributed by atoms with Crippen molar-refractivity contribution in [1.29, 1.82) is 0 Å². The van der Waals surface area contributed by atoms with Gasteiger partial charge in [-0.3, -0.25) is 4.79 Å². The van der Waals surface area contributed by atoms with Gasteiger partial charge in [0.1, 0.15) is 5.75 Å². The van der Waals surface area contributed by atoms with Gasteiger partial charge in [-0.1, -0.05) is 0 Å². The molecule has 0 radical (unpaired) electrons. The minimum Gasteiger partial charge on any atom is -0.497 e. The standard InChI is InChI=1S/C16H18N4O2/c1-22-14-6-4-13(5-7-14)16(21)20-11-9-19(10-12-20)15-3-2-8-17-18-15/h2-8H,9-12H2,1H3. The Bertz CT molecular complexity index is 622. The number of amides is 1. The highest BCUT2D eigenvalue weighted by molar-refractivity contribution is 5.94. The van der Waals surface area contributed by atoms with Gasteiger partial charge in [0, 0.05) is 37.9 Å². The molecule has 0 N–H and O–H groups in total. The molecule has 1 aliphatic rings. The van der Waals surface area contributed by atoms with Gasteiger partial charge in [0.05, 0.1) is 7.11 Å². The number of aromatic nitrogens is 2. The Morgan fingerprint density at radius 3 is 2.41 bits per heavy atom. The first kappa shape index (κ1) is 14.3. The molecule has 114 valence electrons. The predicted molar refractivity (Wildman–Crippen MR) is 83.1 cm³/mol. The van der Waals surface area contributed by atoms with E-state index in [1.54, 1.807) is 25.4 Å². The summed E-state index contributed by atoms with van der Waals surface area (Å²) in [6.07, 6.45) is 1.66. The number of benzene rings is 1. The molecule has 3 rings (SSSR count). The van der Waals surface area contributed by atoms with Crippen molar-refractivity contribution in [2.45, 2.75) is 0 Å². The molecule has 1 aliphatic heterocycles. The fourth-order valence-electron chi connectivity index (χ4n) is 2.52. The number of nitrogens with zero attached hydrogens (tertiary/aromatic N) is 4. The molecule has 0 atom stereocenters. The zero-order chi connectivity index (χ0) is 15.4. The normalized spacial score (nSPS) is 14.8. The second-order valence-electron chi connectivity index (χ2n) is 5.09. The van der Waals surface area contributed by atoms with Crippen LogP contribution in [0.25, 0.3) is 0 Å². The van der Waals surface area contributed by atoms with Crippen LogP contribution in [0, 0.1) is 0 Å². The van der Waals surface area contributed by atoms with Gasteiger partial charge in [0.25, 0.3) is 5.91 Å². The summed E-state index contributed by atoms with van der Waals surface area (Å²) in [7, 11) is 1.61. The van der Waals surface area contributed by atoms with E-state index in [4.69, 9.17) is 4.74 Å². The number of piperazine rings is 1. The molecule has 0 saturated carbocycles. The summed E-state index contributed by atoms with van der Waals surface area (Å²) in [4.78, 5) is 16.5. The van der Waals surface area contributed by atoms with E-state index in [1.165, 1.54) is 0 Å². The van der Waals surface area contributed by atoms with Gasteiger partial charge in [-0.15, -0.1) is 5.10 Å². The minimum absolute atomic E-state index is 0.0569. The van der Waals surface area contributed by atoms with Crippen molar-refractivity contribution in [2.24, 2.45) is 0 Å².